The molecule has 5 unspecified atom stereocenters. The van der Waals surface area contributed by atoms with Gasteiger partial charge in [0.1, 0.15) is 18.4 Å². The van der Waals surface area contributed by atoms with Gasteiger partial charge in [-0.2, -0.15) is 0 Å². The normalized spacial score (nSPS) is 15.5. The standard InChI is InChI=1S/C44H59N7O7/c1-29-21-23-51(28-46-29)58-27-37(53)49-38(43(2,3)4)41(55)48-35(25-30-14-10-9-11-15-30)36(52)26-33(47-40(54)39(44(5,6)7)50-42(56)57-8)24-31-17-19-32(20-18-31)34-16-12-13-22-45-34/h9-22,28,33,35-36,38-39,52H,23-27H2,1-8H3,(H,47,54)(H,48,55)(H,49,53)(H,50,56). The summed E-state index contributed by atoms with van der Waals surface area (Å²) in [5.41, 5.74) is 2.92. The lowest BCUT2D eigenvalue weighted by atomic mass is 9.85. The number of aliphatic hydroxyl groups excluding tert-OH is 1. The minimum Gasteiger partial charge on any atom is -0.453 e. The summed E-state index contributed by atoms with van der Waals surface area (Å²) < 4.78 is 4.82. The molecule has 1 aliphatic rings. The zero-order valence-corrected chi connectivity index (χ0v) is 34.8. The van der Waals surface area contributed by atoms with Gasteiger partial charge in [-0.15, -0.1) is 0 Å². The molecule has 0 saturated carbocycles. The van der Waals surface area contributed by atoms with Gasteiger partial charge in [-0.05, 0) is 66.4 Å². The molecule has 0 spiro atoms. The van der Waals surface area contributed by atoms with Gasteiger partial charge < -0.3 is 31.1 Å². The van der Waals surface area contributed by atoms with Crippen LogP contribution in [0.5, 0.6) is 0 Å². The van der Waals surface area contributed by atoms with Crippen molar-refractivity contribution in [2.75, 3.05) is 20.3 Å². The lowest BCUT2D eigenvalue weighted by Crippen LogP contribution is -2.59. The van der Waals surface area contributed by atoms with Gasteiger partial charge in [0.25, 0.3) is 0 Å². The molecule has 14 nitrogen and oxygen atoms in total. The van der Waals surface area contributed by atoms with E-state index in [0.717, 1.165) is 28.1 Å². The first kappa shape index (κ1) is 45.1. The van der Waals surface area contributed by atoms with Gasteiger partial charge in [-0.3, -0.25) is 24.2 Å². The van der Waals surface area contributed by atoms with Crippen LogP contribution in [-0.4, -0.2) is 95.8 Å². The van der Waals surface area contributed by atoms with E-state index in [1.165, 1.54) is 18.5 Å². The highest BCUT2D eigenvalue weighted by Gasteiger charge is 2.37. The number of pyridine rings is 1. The molecule has 312 valence electrons. The van der Waals surface area contributed by atoms with Crippen molar-refractivity contribution < 1.29 is 33.9 Å². The van der Waals surface area contributed by atoms with Crippen molar-refractivity contribution >= 4 is 30.2 Å². The molecule has 14 heteroatoms. The molecule has 0 fully saturated rings. The summed E-state index contributed by atoms with van der Waals surface area (Å²) in [5, 5.41) is 25.1. The molecule has 1 aliphatic heterocycles. The van der Waals surface area contributed by atoms with Gasteiger partial charge in [0.2, 0.25) is 17.7 Å². The van der Waals surface area contributed by atoms with Gasteiger partial charge >= 0.3 is 6.09 Å². The Labute approximate surface area is 341 Å². The number of hydroxylamine groups is 2. The molecule has 5 atom stereocenters. The molecule has 4 amide bonds. The quantitative estimate of drug-likeness (QED) is 0.129. The zero-order valence-electron chi connectivity index (χ0n) is 34.8. The third kappa shape index (κ3) is 14.1. The van der Waals surface area contributed by atoms with Crippen molar-refractivity contribution in [2.24, 2.45) is 15.8 Å². The van der Waals surface area contributed by atoms with Crippen LogP contribution >= 0.6 is 0 Å². The van der Waals surface area contributed by atoms with Gasteiger partial charge in [0.05, 0.1) is 31.5 Å². The summed E-state index contributed by atoms with van der Waals surface area (Å²) in [6, 6.07) is 19.5. The molecule has 3 aromatic rings. The second kappa shape index (κ2) is 20.7. The average Bonchev–Trinajstić information content (AvgIpc) is 3.18. The molecule has 1 aromatic heterocycles. The predicted molar refractivity (Wildman–Crippen MR) is 223 cm³/mol. The van der Waals surface area contributed by atoms with Crippen molar-refractivity contribution in [3.05, 3.63) is 102 Å². The number of ether oxygens (including phenoxy) is 1. The van der Waals surface area contributed by atoms with Crippen LogP contribution in [0.1, 0.15) is 66.0 Å². The number of hydrogen-bond acceptors (Lipinski definition) is 10. The Bertz CT molecular complexity index is 1870. The predicted octanol–water partition coefficient (Wildman–Crippen LogP) is 4.74. The molecule has 0 saturated heterocycles. The van der Waals surface area contributed by atoms with E-state index in [1.807, 2.05) is 127 Å². The number of nitrogens with zero attached hydrogens (tertiary/aromatic N) is 3. The number of carbonyl (C=O) groups excluding carboxylic acids is 4. The minimum atomic E-state index is -1.17. The monoisotopic (exact) mass is 797 g/mol. The van der Waals surface area contributed by atoms with Crippen LogP contribution in [0.15, 0.2) is 95.8 Å². The van der Waals surface area contributed by atoms with Crippen LogP contribution in [0.2, 0.25) is 0 Å². The fourth-order valence-electron chi connectivity index (χ4n) is 6.42. The van der Waals surface area contributed by atoms with Gasteiger partial charge in [-0.1, -0.05) is 102 Å². The summed E-state index contributed by atoms with van der Waals surface area (Å²) in [6.07, 6.45) is 3.79. The number of benzene rings is 2. The van der Waals surface area contributed by atoms with E-state index in [0.29, 0.717) is 13.0 Å². The van der Waals surface area contributed by atoms with Crippen LogP contribution in [-0.2, 0) is 36.8 Å². The number of alkyl carbamates (subject to hydrolysis) is 1. The van der Waals surface area contributed by atoms with Crippen molar-refractivity contribution in [3.8, 4) is 11.3 Å². The van der Waals surface area contributed by atoms with E-state index < -0.39 is 64.9 Å². The number of methoxy groups -OCH3 is 1. The van der Waals surface area contributed by atoms with Gasteiger partial charge in [0, 0.05) is 23.5 Å². The molecule has 0 bridgehead atoms. The van der Waals surface area contributed by atoms with Crippen LogP contribution in [0.3, 0.4) is 0 Å². The third-order valence-electron chi connectivity index (χ3n) is 9.69. The summed E-state index contributed by atoms with van der Waals surface area (Å²) in [5.74, 6) is -1.44. The zero-order chi connectivity index (χ0) is 42.5. The Morgan fingerprint density at radius 3 is 2.00 bits per heavy atom. The lowest BCUT2D eigenvalue weighted by Gasteiger charge is -2.35. The molecule has 0 aliphatic carbocycles. The highest BCUT2D eigenvalue weighted by atomic mass is 16.7. The number of amides is 4. The number of aliphatic hydroxyl groups is 1. The van der Waals surface area contributed by atoms with Gasteiger partial charge in [0.15, 0.2) is 6.61 Å². The molecule has 2 heterocycles. The van der Waals surface area contributed by atoms with E-state index in [2.05, 4.69) is 31.2 Å². The van der Waals surface area contributed by atoms with Crippen molar-refractivity contribution in [1.29, 1.82) is 0 Å². The molecule has 5 N–H and O–H groups in total. The number of hydrogen-bond donors (Lipinski definition) is 5. The van der Waals surface area contributed by atoms with Crippen LogP contribution < -0.4 is 21.3 Å². The maximum atomic E-state index is 14.2. The molecule has 58 heavy (non-hydrogen) atoms. The number of allylic oxidation sites excluding steroid dienone is 1. The van der Waals surface area contributed by atoms with E-state index in [9.17, 15) is 24.3 Å². The highest BCUT2D eigenvalue weighted by molar-refractivity contribution is 5.89. The number of carbonyl (C=O) groups is 4. The fraction of sp³-hybridized carbons (Fsp3) is 0.455. The number of nitrogens with one attached hydrogen (secondary N) is 4. The maximum Gasteiger partial charge on any atom is 0.407 e. The average molecular weight is 798 g/mol. The molecule has 2 aromatic carbocycles. The second-order valence-electron chi connectivity index (χ2n) is 16.7. The summed E-state index contributed by atoms with van der Waals surface area (Å²) >= 11 is 0. The van der Waals surface area contributed by atoms with Crippen LogP contribution in [0.4, 0.5) is 4.79 Å². The first-order valence-corrected chi connectivity index (χ1v) is 19.5. The summed E-state index contributed by atoms with van der Waals surface area (Å²) in [4.78, 5) is 67.8. The Balaban J connectivity index is 1.58. The Kier molecular flexibility index (Phi) is 16.1. The van der Waals surface area contributed by atoms with Crippen LogP contribution in [0, 0.1) is 10.8 Å². The molecular formula is C44H59N7O7. The number of aliphatic imine (C=N–C) groups is 1. The van der Waals surface area contributed by atoms with Crippen molar-refractivity contribution in [2.45, 2.75) is 98.0 Å². The van der Waals surface area contributed by atoms with E-state index in [1.54, 1.807) is 6.20 Å². The topological polar surface area (TPSA) is 184 Å². The molecule has 4 rings (SSSR count). The Morgan fingerprint density at radius 1 is 0.793 bits per heavy atom. The molecular weight excluding hydrogens is 739 g/mol. The fourth-order valence-corrected chi connectivity index (χ4v) is 6.42. The smallest absolute Gasteiger partial charge is 0.407 e. The van der Waals surface area contributed by atoms with E-state index >= 15 is 0 Å². The molecule has 0 radical (unpaired) electrons. The second-order valence-corrected chi connectivity index (χ2v) is 16.7. The highest BCUT2D eigenvalue weighted by Crippen LogP contribution is 2.24. The number of rotatable bonds is 17. The number of aromatic nitrogens is 1. The lowest BCUT2D eigenvalue weighted by molar-refractivity contribution is -0.145. The minimum absolute atomic E-state index is 0.0340. The van der Waals surface area contributed by atoms with Crippen molar-refractivity contribution in [3.63, 3.8) is 0 Å². The first-order valence-electron chi connectivity index (χ1n) is 19.5. The summed E-state index contributed by atoms with van der Waals surface area (Å²) in [7, 11) is 1.23. The largest absolute Gasteiger partial charge is 0.453 e. The third-order valence-corrected chi connectivity index (χ3v) is 9.69. The van der Waals surface area contributed by atoms with Crippen LogP contribution in [0.25, 0.3) is 11.3 Å². The summed E-state index contributed by atoms with van der Waals surface area (Å²) in [6.45, 7) is 13.0. The SMILES string of the molecule is COC(=O)NC(C(=O)NC(Cc1ccc(-c2ccccn2)cc1)CC(O)C(Cc1ccccc1)NC(=O)C(NC(=O)CON1C=NC(C)=CC1)C(C)(C)C)C(C)(C)C. The maximum absolute atomic E-state index is 14.2. The van der Waals surface area contributed by atoms with E-state index in [-0.39, 0.29) is 19.4 Å². The van der Waals surface area contributed by atoms with Crippen molar-refractivity contribution in [1.82, 2.24) is 31.3 Å². The first-order chi connectivity index (χ1) is 27.4. The Hall–Kier alpha value is -5.60. The van der Waals surface area contributed by atoms with E-state index in [4.69, 9.17) is 9.57 Å². The van der Waals surface area contributed by atoms with Gasteiger partial charge in [-0.25, -0.2) is 14.9 Å². The Morgan fingerprint density at radius 2 is 1.41 bits per heavy atom.